The summed E-state index contributed by atoms with van der Waals surface area (Å²) in [5.74, 6) is 5.39. The van der Waals surface area contributed by atoms with Gasteiger partial charge in [0, 0.05) is 24.2 Å². The van der Waals surface area contributed by atoms with Gasteiger partial charge in [-0.1, -0.05) is 11.8 Å². The maximum Gasteiger partial charge on any atom is 0.340 e. The highest BCUT2D eigenvalue weighted by atomic mass is 16.5. The van der Waals surface area contributed by atoms with Crippen LogP contribution in [0.3, 0.4) is 0 Å². The highest BCUT2D eigenvalue weighted by Crippen LogP contribution is 2.15. The molecule has 0 unspecified atom stereocenters. The molecule has 0 bridgehead atoms. The quantitative estimate of drug-likeness (QED) is 0.465. The van der Waals surface area contributed by atoms with Crippen LogP contribution in [0.4, 0.5) is 5.69 Å². The molecule has 4 N–H and O–H groups in total. The van der Waals surface area contributed by atoms with Gasteiger partial charge in [-0.25, -0.2) is 4.79 Å². The van der Waals surface area contributed by atoms with Crippen molar-refractivity contribution in [3.63, 3.8) is 0 Å². The Labute approximate surface area is 101 Å². The Balaban J connectivity index is 2.95. The topological polar surface area (TPSA) is 78.3 Å². The number of nitrogen functional groups attached to an aromatic ring is 1. The number of carbonyl (C=O) groups excluding carboxylic acids is 1. The summed E-state index contributed by atoms with van der Waals surface area (Å²) < 4.78 is 4.90. The van der Waals surface area contributed by atoms with Gasteiger partial charge in [0.1, 0.15) is 0 Å². The minimum Gasteiger partial charge on any atom is -0.462 e. The Morgan fingerprint density at radius 3 is 2.88 bits per heavy atom. The van der Waals surface area contributed by atoms with Crippen LogP contribution in [0.25, 0.3) is 0 Å². The molecule has 0 spiro atoms. The summed E-state index contributed by atoms with van der Waals surface area (Å²) in [4.78, 5) is 11.6. The Bertz CT molecular complexity index is 458. The summed E-state index contributed by atoms with van der Waals surface area (Å²) in [6, 6.07) is 5.05. The molecule has 0 amide bonds. The van der Waals surface area contributed by atoms with E-state index < -0.39 is 5.97 Å². The molecule has 0 radical (unpaired) electrons. The molecule has 0 fully saturated rings. The van der Waals surface area contributed by atoms with Crippen molar-refractivity contribution in [1.82, 2.24) is 0 Å². The number of benzene rings is 1. The van der Waals surface area contributed by atoms with Gasteiger partial charge in [-0.05, 0) is 25.1 Å². The van der Waals surface area contributed by atoms with Crippen molar-refractivity contribution in [2.75, 3.05) is 18.9 Å². The number of esters is 1. The molecule has 0 aliphatic rings. The van der Waals surface area contributed by atoms with E-state index in [9.17, 15) is 4.79 Å². The van der Waals surface area contributed by atoms with Crippen LogP contribution in [-0.4, -0.2) is 19.1 Å². The van der Waals surface area contributed by atoms with E-state index in [2.05, 4.69) is 11.8 Å². The molecule has 1 aromatic rings. The zero-order chi connectivity index (χ0) is 12.7. The second-order valence-corrected chi connectivity index (χ2v) is 3.36. The fraction of sp³-hybridized carbons (Fsp3) is 0.308. The van der Waals surface area contributed by atoms with Crippen LogP contribution >= 0.6 is 0 Å². The van der Waals surface area contributed by atoms with Gasteiger partial charge < -0.3 is 16.2 Å². The first-order valence-electron chi connectivity index (χ1n) is 5.44. The van der Waals surface area contributed by atoms with Gasteiger partial charge in [0.25, 0.3) is 0 Å². The molecule has 0 aliphatic carbocycles. The highest BCUT2D eigenvalue weighted by molar-refractivity contribution is 5.95. The second kappa shape index (κ2) is 6.56. The minimum absolute atomic E-state index is 0.321. The van der Waals surface area contributed by atoms with E-state index in [1.165, 1.54) is 0 Å². The van der Waals surface area contributed by atoms with Gasteiger partial charge in [-0.2, -0.15) is 0 Å². The Hall–Kier alpha value is -1.99. The standard InChI is InChI=1S/C13H16N2O2/c1-2-17-13(16)11-9-10(5-3-4-8-14)6-7-12(11)15/h6-7,9H,2,4,8,14-15H2,1H3. The fourth-order valence-electron chi connectivity index (χ4n) is 1.26. The molecular formula is C13H16N2O2. The molecule has 0 saturated carbocycles. The van der Waals surface area contributed by atoms with Crippen LogP contribution in [0.1, 0.15) is 29.3 Å². The lowest BCUT2D eigenvalue weighted by Crippen LogP contribution is -2.08. The first kappa shape index (κ1) is 13.1. The number of hydrogen-bond donors (Lipinski definition) is 2. The number of hydrogen-bond acceptors (Lipinski definition) is 4. The SMILES string of the molecule is CCOC(=O)c1cc(C#CCCN)ccc1N. The number of carbonyl (C=O) groups is 1. The molecule has 0 aromatic heterocycles. The van der Waals surface area contributed by atoms with E-state index in [1.54, 1.807) is 25.1 Å². The monoisotopic (exact) mass is 232 g/mol. The molecule has 17 heavy (non-hydrogen) atoms. The van der Waals surface area contributed by atoms with Crippen molar-refractivity contribution in [3.8, 4) is 11.8 Å². The summed E-state index contributed by atoms with van der Waals surface area (Å²) in [6.07, 6.45) is 0.624. The largest absolute Gasteiger partial charge is 0.462 e. The average Bonchev–Trinajstić information content (AvgIpc) is 2.32. The highest BCUT2D eigenvalue weighted by Gasteiger charge is 2.10. The Morgan fingerprint density at radius 1 is 1.47 bits per heavy atom. The molecule has 0 atom stereocenters. The van der Waals surface area contributed by atoms with Gasteiger partial charge >= 0.3 is 5.97 Å². The summed E-state index contributed by atoms with van der Waals surface area (Å²) in [7, 11) is 0. The van der Waals surface area contributed by atoms with E-state index >= 15 is 0 Å². The predicted molar refractivity (Wildman–Crippen MR) is 67.4 cm³/mol. The lowest BCUT2D eigenvalue weighted by Gasteiger charge is -2.05. The number of ether oxygens (including phenoxy) is 1. The first-order valence-corrected chi connectivity index (χ1v) is 5.44. The summed E-state index contributed by atoms with van der Waals surface area (Å²) in [5, 5.41) is 0. The fourth-order valence-corrected chi connectivity index (χ4v) is 1.26. The molecular weight excluding hydrogens is 216 g/mol. The first-order chi connectivity index (χ1) is 8.19. The zero-order valence-electron chi connectivity index (χ0n) is 9.82. The predicted octanol–water partition coefficient (Wildman–Crippen LogP) is 1.15. The van der Waals surface area contributed by atoms with E-state index in [-0.39, 0.29) is 0 Å². The number of anilines is 1. The molecule has 0 aliphatic heterocycles. The van der Waals surface area contributed by atoms with Crippen molar-refractivity contribution in [1.29, 1.82) is 0 Å². The lowest BCUT2D eigenvalue weighted by atomic mass is 10.1. The van der Waals surface area contributed by atoms with Gasteiger partial charge in [-0.15, -0.1) is 0 Å². The Kier molecular flexibility index (Phi) is 5.05. The van der Waals surface area contributed by atoms with Crippen LogP contribution in [0.2, 0.25) is 0 Å². The van der Waals surface area contributed by atoms with Crippen LogP contribution in [-0.2, 0) is 4.74 Å². The maximum absolute atomic E-state index is 11.6. The third-order valence-electron chi connectivity index (χ3n) is 2.05. The van der Waals surface area contributed by atoms with Gasteiger partial charge in [-0.3, -0.25) is 0 Å². The maximum atomic E-state index is 11.6. The van der Waals surface area contributed by atoms with Crippen LogP contribution in [0, 0.1) is 11.8 Å². The smallest absolute Gasteiger partial charge is 0.340 e. The normalized spacial score (nSPS) is 9.29. The number of nitrogens with two attached hydrogens (primary N) is 2. The third-order valence-corrected chi connectivity index (χ3v) is 2.05. The van der Waals surface area contributed by atoms with E-state index in [4.69, 9.17) is 16.2 Å². The van der Waals surface area contributed by atoms with Crippen molar-refractivity contribution in [2.24, 2.45) is 5.73 Å². The molecule has 4 heteroatoms. The van der Waals surface area contributed by atoms with Gasteiger partial charge in [0.05, 0.1) is 12.2 Å². The van der Waals surface area contributed by atoms with Crippen molar-refractivity contribution in [3.05, 3.63) is 29.3 Å². The summed E-state index contributed by atoms with van der Waals surface area (Å²) in [5.41, 5.74) is 12.5. The Morgan fingerprint density at radius 2 is 2.24 bits per heavy atom. The molecule has 4 nitrogen and oxygen atoms in total. The van der Waals surface area contributed by atoms with Crippen molar-refractivity contribution in [2.45, 2.75) is 13.3 Å². The number of rotatable bonds is 3. The van der Waals surface area contributed by atoms with E-state index in [0.29, 0.717) is 30.8 Å². The van der Waals surface area contributed by atoms with Crippen molar-refractivity contribution < 1.29 is 9.53 Å². The van der Waals surface area contributed by atoms with Gasteiger partial charge in [0.15, 0.2) is 0 Å². The molecule has 1 rings (SSSR count). The summed E-state index contributed by atoms with van der Waals surface area (Å²) >= 11 is 0. The van der Waals surface area contributed by atoms with Gasteiger partial charge in [0.2, 0.25) is 0 Å². The average molecular weight is 232 g/mol. The summed E-state index contributed by atoms with van der Waals surface area (Å²) in [6.45, 7) is 2.59. The van der Waals surface area contributed by atoms with Crippen LogP contribution < -0.4 is 11.5 Å². The lowest BCUT2D eigenvalue weighted by molar-refractivity contribution is 0.0527. The van der Waals surface area contributed by atoms with Crippen LogP contribution in [0.5, 0.6) is 0 Å². The molecule has 1 aromatic carbocycles. The zero-order valence-corrected chi connectivity index (χ0v) is 9.82. The third kappa shape index (κ3) is 3.82. The molecule has 0 saturated heterocycles. The minimum atomic E-state index is -0.424. The van der Waals surface area contributed by atoms with Crippen molar-refractivity contribution >= 4 is 11.7 Å². The van der Waals surface area contributed by atoms with Crippen LogP contribution in [0.15, 0.2) is 18.2 Å². The van der Waals surface area contributed by atoms with E-state index in [1.807, 2.05) is 0 Å². The molecule has 0 heterocycles. The van der Waals surface area contributed by atoms with E-state index in [0.717, 1.165) is 5.56 Å². The second-order valence-electron chi connectivity index (χ2n) is 3.36. The molecule has 90 valence electrons.